The number of hydrogen-bond donors (Lipinski definition) is 2. The van der Waals surface area contributed by atoms with E-state index in [0.717, 1.165) is 31.0 Å². The second-order valence-corrected chi connectivity index (χ2v) is 4.42. The first-order valence-electron chi connectivity index (χ1n) is 6.28. The number of nitrogens with one attached hydrogen (secondary N) is 2. The molecule has 1 amide bonds. The van der Waals surface area contributed by atoms with Gasteiger partial charge in [0.1, 0.15) is 0 Å². The predicted molar refractivity (Wildman–Crippen MR) is 76.6 cm³/mol. The van der Waals surface area contributed by atoms with Gasteiger partial charge in [0.2, 0.25) is 0 Å². The number of amides is 1. The van der Waals surface area contributed by atoms with Crippen molar-refractivity contribution in [1.29, 1.82) is 0 Å². The van der Waals surface area contributed by atoms with Crippen LogP contribution in [0.4, 0.5) is 0 Å². The maximum Gasteiger partial charge on any atom is 0.272 e. The molecule has 2 N–H and O–H groups in total. The molecule has 20 heavy (non-hydrogen) atoms. The van der Waals surface area contributed by atoms with Gasteiger partial charge in [-0.25, -0.2) is 0 Å². The Morgan fingerprint density at radius 2 is 2.35 bits per heavy atom. The van der Waals surface area contributed by atoms with Gasteiger partial charge < -0.3 is 10.6 Å². The minimum absolute atomic E-state index is 0. The molecule has 106 valence electrons. The Balaban J connectivity index is 0.00000147. The largest absolute Gasteiger partial charge is 0.345 e. The van der Waals surface area contributed by atoms with Gasteiger partial charge in [-0.1, -0.05) is 6.07 Å². The van der Waals surface area contributed by atoms with Crippen LogP contribution in [0.15, 0.2) is 30.5 Å². The number of fused-ring (bicyclic) bond motifs is 1. The lowest BCUT2D eigenvalue weighted by Crippen LogP contribution is -2.28. The Kier molecular flexibility index (Phi) is 4.70. The van der Waals surface area contributed by atoms with Crippen LogP contribution in [0.1, 0.15) is 21.9 Å². The summed E-state index contributed by atoms with van der Waals surface area (Å²) in [6.07, 6.45) is 1.71. The summed E-state index contributed by atoms with van der Waals surface area (Å²) in [5, 5.41) is 10.4. The molecule has 0 aromatic carbocycles. The molecule has 3 rings (SSSR count). The number of carbonyl (C=O) groups is 1. The number of halogens is 1. The van der Waals surface area contributed by atoms with Crippen LogP contribution < -0.4 is 10.6 Å². The SMILES string of the molecule is Cl.O=C(NCc1ccccn1)c1cc2n(n1)CCNC2. The first kappa shape index (κ1) is 14.5. The Labute approximate surface area is 123 Å². The predicted octanol–water partition coefficient (Wildman–Crippen LogP) is 0.733. The van der Waals surface area contributed by atoms with Gasteiger partial charge in [0.15, 0.2) is 5.69 Å². The second kappa shape index (κ2) is 6.49. The van der Waals surface area contributed by atoms with Crippen LogP contribution in [0.25, 0.3) is 0 Å². The maximum absolute atomic E-state index is 12.0. The lowest BCUT2D eigenvalue weighted by Gasteiger charge is -2.13. The molecule has 0 saturated carbocycles. The lowest BCUT2D eigenvalue weighted by atomic mass is 10.3. The normalized spacial score (nSPS) is 13.2. The zero-order valence-electron chi connectivity index (χ0n) is 10.9. The van der Waals surface area contributed by atoms with Crippen LogP contribution >= 0.6 is 12.4 Å². The average molecular weight is 294 g/mol. The fraction of sp³-hybridized carbons (Fsp3) is 0.308. The van der Waals surface area contributed by atoms with E-state index in [4.69, 9.17) is 0 Å². The van der Waals surface area contributed by atoms with Crippen molar-refractivity contribution < 1.29 is 4.79 Å². The topological polar surface area (TPSA) is 71.8 Å². The molecule has 0 fully saturated rings. The van der Waals surface area contributed by atoms with Gasteiger partial charge in [0.25, 0.3) is 5.91 Å². The Bertz CT molecular complexity index is 560. The van der Waals surface area contributed by atoms with Gasteiger partial charge in [-0.3, -0.25) is 14.5 Å². The molecule has 2 aromatic heterocycles. The zero-order valence-corrected chi connectivity index (χ0v) is 11.7. The Hall–Kier alpha value is -1.92. The standard InChI is InChI=1S/C13H15N5O.ClH/c19-13(16-8-10-3-1-2-4-15-10)12-7-11-9-14-5-6-18(11)17-12;/h1-4,7,14H,5-6,8-9H2,(H,16,19);1H. The van der Waals surface area contributed by atoms with E-state index in [2.05, 4.69) is 20.7 Å². The molecule has 2 aromatic rings. The van der Waals surface area contributed by atoms with Crippen LogP contribution in [0, 0.1) is 0 Å². The molecule has 6 nitrogen and oxygen atoms in total. The fourth-order valence-electron chi connectivity index (χ4n) is 2.07. The lowest BCUT2D eigenvalue weighted by molar-refractivity contribution is 0.0944. The molecule has 0 atom stereocenters. The minimum Gasteiger partial charge on any atom is -0.345 e. The van der Waals surface area contributed by atoms with Crippen molar-refractivity contribution in [3.63, 3.8) is 0 Å². The number of hydrogen-bond acceptors (Lipinski definition) is 4. The van der Waals surface area contributed by atoms with Crippen molar-refractivity contribution >= 4 is 18.3 Å². The second-order valence-electron chi connectivity index (χ2n) is 4.42. The van der Waals surface area contributed by atoms with Gasteiger partial charge in [0, 0.05) is 19.3 Å². The summed E-state index contributed by atoms with van der Waals surface area (Å²) in [4.78, 5) is 16.2. The third kappa shape index (κ3) is 3.15. The van der Waals surface area contributed by atoms with E-state index in [-0.39, 0.29) is 18.3 Å². The van der Waals surface area contributed by atoms with E-state index in [1.54, 1.807) is 6.20 Å². The average Bonchev–Trinajstić information content (AvgIpc) is 2.90. The Morgan fingerprint density at radius 1 is 1.45 bits per heavy atom. The van der Waals surface area contributed by atoms with Gasteiger partial charge in [0.05, 0.1) is 24.5 Å². The van der Waals surface area contributed by atoms with Crippen LogP contribution in [-0.2, 0) is 19.6 Å². The number of nitrogens with zero attached hydrogens (tertiary/aromatic N) is 3. The van der Waals surface area contributed by atoms with E-state index in [0.29, 0.717) is 12.2 Å². The van der Waals surface area contributed by atoms with E-state index in [1.165, 1.54) is 0 Å². The third-order valence-electron chi connectivity index (χ3n) is 3.06. The highest BCUT2D eigenvalue weighted by molar-refractivity contribution is 5.92. The molecular formula is C13H16ClN5O. The maximum atomic E-state index is 12.0. The molecule has 7 heteroatoms. The number of rotatable bonds is 3. The van der Waals surface area contributed by atoms with Gasteiger partial charge in [-0.15, -0.1) is 12.4 Å². The smallest absolute Gasteiger partial charge is 0.272 e. The molecule has 0 saturated heterocycles. The first-order valence-corrected chi connectivity index (χ1v) is 6.28. The summed E-state index contributed by atoms with van der Waals surface area (Å²) in [6, 6.07) is 7.46. The molecule has 0 unspecified atom stereocenters. The van der Waals surface area contributed by atoms with Crippen LogP contribution in [0.3, 0.4) is 0 Å². The van der Waals surface area contributed by atoms with Crippen LogP contribution in [-0.4, -0.2) is 27.2 Å². The molecule has 1 aliphatic rings. The summed E-state index contributed by atoms with van der Waals surface area (Å²) >= 11 is 0. The van der Waals surface area contributed by atoms with E-state index in [9.17, 15) is 4.79 Å². The van der Waals surface area contributed by atoms with Crippen LogP contribution in [0.5, 0.6) is 0 Å². The van der Waals surface area contributed by atoms with Crippen LogP contribution in [0.2, 0.25) is 0 Å². The highest BCUT2D eigenvalue weighted by atomic mass is 35.5. The first-order chi connectivity index (χ1) is 9.33. The summed E-state index contributed by atoms with van der Waals surface area (Å²) in [5.74, 6) is -0.160. The van der Waals surface area contributed by atoms with Gasteiger partial charge in [-0.05, 0) is 18.2 Å². The van der Waals surface area contributed by atoms with E-state index < -0.39 is 0 Å². The molecule has 0 radical (unpaired) electrons. The molecule has 0 spiro atoms. The summed E-state index contributed by atoms with van der Waals surface area (Å²) in [6.45, 7) is 2.88. The van der Waals surface area contributed by atoms with Gasteiger partial charge in [-0.2, -0.15) is 5.10 Å². The molecule has 0 bridgehead atoms. The Morgan fingerprint density at radius 3 is 3.10 bits per heavy atom. The summed E-state index contributed by atoms with van der Waals surface area (Å²) in [5.41, 5.74) is 2.35. The van der Waals surface area contributed by atoms with Crippen molar-refractivity contribution in [2.75, 3.05) is 6.54 Å². The number of pyridine rings is 1. The number of aromatic nitrogens is 3. The third-order valence-corrected chi connectivity index (χ3v) is 3.06. The zero-order chi connectivity index (χ0) is 13.1. The van der Waals surface area contributed by atoms with Crippen molar-refractivity contribution in [2.24, 2.45) is 0 Å². The van der Waals surface area contributed by atoms with E-state index in [1.807, 2.05) is 28.9 Å². The molecular weight excluding hydrogens is 278 g/mol. The summed E-state index contributed by atoms with van der Waals surface area (Å²) in [7, 11) is 0. The number of carbonyl (C=O) groups excluding carboxylic acids is 1. The minimum atomic E-state index is -0.160. The molecule has 1 aliphatic heterocycles. The highest BCUT2D eigenvalue weighted by Gasteiger charge is 2.16. The van der Waals surface area contributed by atoms with Crippen molar-refractivity contribution in [3.8, 4) is 0 Å². The monoisotopic (exact) mass is 293 g/mol. The van der Waals surface area contributed by atoms with Crippen molar-refractivity contribution in [1.82, 2.24) is 25.4 Å². The molecule has 3 heterocycles. The molecule has 0 aliphatic carbocycles. The van der Waals surface area contributed by atoms with Crippen molar-refractivity contribution in [3.05, 3.63) is 47.5 Å². The van der Waals surface area contributed by atoms with Gasteiger partial charge >= 0.3 is 0 Å². The van der Waals surface area contributed by atoms with E-state index >= 15 is 0 Å². The van der Waals surface area contributed by atoms with Crippen molar-refractivity contribution in [2.45, 2.75) is 19.6 Å². The summed E-state index contributed by atoms with van der Waals surface area (Å²) < 4.78 is 1.88. The fourth-order valence-corrected chi connectivity index (χ4v) is 2.07. The quantitative estimate of drug-likeness (QED) is 0.875. The highest BCUT2D eigenvalue weighted by Crippen LogP contribution is 2.07.